The minimum atomic E-state index is 0.725. The van der Waals surface area contributed by atoms with Gasteiger partial charge < -0.3 is 10.1 Å². The number of ether oxygens (including phenoxy) is 1. The summed E-state index contributed by atoms with van der Waals surface area (Å²) in [5.74, 6) is 1.65. The van der Waals surface area contributed by atoms with E-state index in [2.05, 4.69) is 22.2 Å². The number of nitrogens with zero attached hydrogens (tertiary/aromatic N) is 2. The first-order valence-electron chi connectivity index (χ1n) is 5.44. The van der Waals surface area contributed by atoms with Crippen LogP contribution in [-0.2, 0) is 4.74 Å². The van der Waals surface area contributed by atoms with Gasteiger partial charge in [-0.15, -0.1) is 0 Å². The smallest absolute Gasteiger partial charge is 0.129 e. The summed E-state index contributed by atoms with van der Waals surface area (Å²) >= 11 is 0. The molecule has 0 atom stereocenters. The van der Waals surface area contributed by atoms with Gasteiger partial charge in [0.15, 0.2) is 0 Å². The summed E-state index contributed by atoms with van der Waals surface area (Å²) in [5.41, 5.74) is 0. The van der Waals surface area contributed by atoms with Gasteiger partial charge in [0.05, 0.1) is 6.61 Å². The number of aromatic nitrogens is 2. The Morgan fingerprint density at radius 2 is 2.27 bits per heavy atom. The summed E-state index contributed by atoms with van der Waals surface area (Å²) in [7, 11) is 0. The molecule has 1 heterocycles. The minimum Gasteiger partial charge on any atom is -0.380 e. The van der Waals surface area contributed by atoms with Gasteiger partial charge in [-0.05, 0) is 19.4 Å². The molecule has 4 heteroatoms. The standard InChI is InChI=1S/C11H19N3O/c1-3-4-8-15-9-7-13-11-5-6-12-10(2)14-11/h5-6H,3-4,7-9H2,1-2H3,(H,12,13,14). The van der Waals surface area contributed by atoms with Crippen molar-refractivity contribution in [1.29, 1.82) is 0 Å². The van der Waals surface area contributed by atoms with E-state index in [0.717, 1.165) is 37.8 Å². The van der Waals surface area contributed by atoms with E-state index in [1.807, 2.05) is 13.0 Å². The zero-order valence-electron chi connectivity index (χ0n) is 9.49. The first kappa shape index (κ1) is 11.9. The van der Waals surface area contributed by atoms with Crippen LogP contribution >= 0.6 is 0 Å². The molecule has 4 nitrogen and oxygen atoms in total. The fraction of sp³-hybridized carbons (Fsp3) is 0.636. The van der Waals surface area contributed by atoms with E-state index in [-0.39, 0.29) is 0 Å². The van der Waals surface area contributed by atoms with Crippen molar-refractivity contribution in [2.24, 2.45) is 0 Å². The summed E-state index contributed by atoms with van der Waals surface area (Å²) in [6.07, 6.45) is 4.06. The molecule has 0 fully saturated rings. The van der Waals surface area contributed by atoms with Crippen molar-refractivity contribution in [3.05, 3.63) is 18.1 Å². The van der Waals surface area contributed by atoms with E-state index in [0.29, 0.717) is 0 Å². The summed E-state index contributed by atoms with van der Waals surface area (Å²) in [6, 6.07) is 1.86. The first-order valence-corrected chi connectivity index (χ1v) is 5.44. The third-order valence-corrected chi connectivity index (χ3v) is 1.97. The molecule has 0 aliphatic heterocycles. The largest absolute Gasteiger partial charge is 0.380 e. The van der Waals surface area contributed by atoms with Gasteiger partial charge in [0.2, 0.25) is 0 Å². The topological polar surface area (TPSA) is 47.0 Å². The number of aryl methyl sites for hydroxylation is 1. The van der Waals surface area contributed by atoms with Crippen LogP contribution in [0.5, 0.6) is 0 Å². The maximum Gasteiger partial charge on any atom is 0.129 e. The number of rotatable bonds is 7. The molecule has 15 heavy (non-hydrogen) atoms. The van der Waals surface area contributed by atoms with Crippen LogP contribution in [0.4, 0.5) is 5.82 Å². The van der Waals surface area contributed by atoms with Crippen LogP contribution in [0, 0.1) is 6.92 Å². The van der Waals surface area contributed by atoms with E-state index in [4.69, 9.17) is 4.74 Å². The summed E-state index contributed by atoms with van der Waals surface area (Å²) in [4.78, 5) is 8.26. The predicted molar refractivity (Wildman–Crippen MR) is 61.0 cm³/mol. The molecular weight excluding hydrogens is 190 g/mol. The average Bonchev–Trinajstić information content (AvgIpc) is 2.23. The fourth-order valence-electron chi connectivity index (χ4n) is 1.15. The second-order valence-corrected chi connectivity index (χ2v) is 3.38. The molecule has 0 aliphatic carbocycles. The third-order valence-electron chi connectivity index (χ3n) is 1.97. The molecule has 84 valence electrons. The molecule has 0 spiro atoms. The van der Waals surface area contributed by atoms with Gasteiger partial charge in [-0.3, -0.25) is 0 Å². The van der Waals surface area contributed by atoms with Gasteiger partial charge in [0.1, 0.15) is 11.6 Å². The van der Waals surface area contributed by atoms with Gasteiger partial charge in [-0.25, -0.2) is 9.97 Å². The van der Waals surface area contributed by atoms with Crippen LogP contribution in [0.25, 0.3) is 0 Å². The van der Waals surface area contributed by atoms with Crippen molar-refractivity contribution < 1.29 is 4.74 Å². The molecule has 1 rings (SSSR count). The lowest BCUT2D eigenvalue weighted by atomic mass is 10.4. The predicted octanol–water partition coefficient (Wildman–Crippen LogP) is 2.01. The maximum absolute atomic E-state index is 5.42. The first-order chi connectivity index (χ1) is 7.33. The van der Waals surface area contributed by atoms with Crippen LogP contribution in [0.2, 0.25) is 0 Å². The Hall–Kier alpha value is -1.16. The van der Waals surface area contributed by atoms with Crippen molar-refractivity contribution in [1.82, 2.24) is 9.97 Å². The number of nitrogens with one attached hydrogen (secondary N) is 1. The Labute approximate surface area is 91.1 Å². The third kappa shape index (κ3) is 5.32. The van der Waals surface area contributed by atoms with Gasteiger partial charge in [0.25, 0.3) is 0 Å². The van der Waals surface area contributed by atoms with Gasteiger partial charge in [0, 0.05) is 19.3 Å². The molecular formula is C11H19N3O. The Morgan fingerprint density at radius 1 is 1.40 bits per heavy atom. The number of hydrogen-bond donors (Lipinski definition) is 1. The lowest BCUT2D eigenvalue weighted by Gasteiger charge is -2.06. The van der Waals surface area contributed by atoms with Gasteiger partial charge in [-0.1, -0.05) is 13.3 Å². The molecule has 0 amide bonds. The monoisotopic (exact) mass is 209 g/mol. The highest BCUT2D eigenvalue weighted by molar-refractivity contribution is 5.32. The zero-order chi connectivity index (χ0) is 10.9. The van der Waals surface area contributed by atoms with E-state index in [1.54, 1.807) is 6.20 Å². The zero-order valence-corrected chi connectivity index (χ0v) is 9.49. The summed E-state index contributed by atoms with van der Waals surface area (Å²) in [6.45, 7) is 6.40. The van der Waals surface area contributed by atoms with E-state index in [9.17, 15) is 0 Å². The average molecular weight is 209 g/mol. The van der Waals surface area contributed by atoms with Crippen molar-refractivity contribution in [3.63, 3.8) is 0 Å². The molecule has 0 saturated carbocycles. The quantitative estimate of drug-likeness (QED) is 0.698. The molecule has 0 bridgehead atoms. The van der Waals surface area contributed by atoms with Gasteiger partial charge >= 0.3 is 0 Å². The maximum atomic E-state index is 5.42. The second-order valence-electron chi connectivity index (χ2n) is 3.38. The van der Waals surface area contributed by atoms with Crippen molar-refractivity contribution in [2.45, 2.75) is 26.7 Å². The SMILES string of the molecule is CCCCOCCNc1ccnc(C)n1. The highest BCUT2D eigenvalue weighted by Gasteiger charge is 1.93. The number of anilines is 1. The van der Waals surface area contributed by atoms with E-state index < -0.39 is 0 Å². The molecule has 0 radical (unpaired) electrons. The lowest BCUT2D eigenvalue weighted by molar-refractivity contribution is 0.141. The number of unbranched alkanes of at least 4 members (excludes halogenated alkanes) is 1. The Bertz CT molecular complexity index is 278. The van der Waals surface area contributed by atoms with Crippen molar-refractivity contribution in [3.8, 4) is 0 Å². The van der Waals surface area contributed by atoms with Crippen LogP contribution in [-0.4, -0.2) is 29.7 Å². The highest BCUT2D eigenvalue weighted by Crippen LogP contribution is 1.99. The highest BCUT2D eigenvalue weighted by atomic mass is 16.5. The van der Waals surface area contributed by atoms with E-state index >= 15 is 0 Å². The number of hydrogen-bond acceptors (Lipinski definition) is 4. The summed E-state index contributed by atoms with van der Waals surface area (Å²) < 4.78 is 5.42. The molecule has 0 unspecified atom stereocenters. The van der Waals surface area contributed by atoms with Crippen molar-refractivity contribution >= 4 is 5.82 Å². The minimum absolute atomic E-state index is 0.725. The normalized spacial score (nSPS) is 10.3. The Balaban J connectivity index is 2.10. The van der Waals surface area contributed by atoms with Crippen LogP contribution < -0.4 is 5.32 Å². The molecule has 1 aromatic rings. The molecule has 1 N–H and O–H groups in total. The molecule has 1 aromatic heterocycles. The fourth-order valence-corrected chi connectivity index (χ4v) is 1.15. The van der Waals surface area contributed by atoms with Crippen LogP contribution in [0.15, 0.2) is 12.3 Å². The molecule has 0 saturated heterocycles. The van der Waals surface area contributed by atoms with Gasteiger partial charge in [-0.2, -0.15) is 0 Å². The Kier molecular flexibility index (Phi) is 5.70. The summed E-state index contributed by atoms with van der Waals surface area (Å²) in [5, 5.41) is 3.19. The second kappa shape index (κ2) is 7.17. The molecule has 0 aromatic carbocycles. The van der Waals surface area contributed by atoms with Crippen molar-refractivity contribution in [2.75, 3.05) is 25.1 Å². The molecule has 0 aliphatic rings. The van der Waals surface area contributed by atoms with Crippen LogP contribution in [0.3, 0.4) is 0 Å². The van der Waals surface area contributed by atoms with E-state index in [1.165, 1.54) is 6.42 Å². The van der Waals surface area contributed by atoms with Crippen LogP contribution in [0.1, 0.15) is 25.6 Å². The Morgan fingerprint density at radius 3 is 3.00 bits per heavy atom. The lowest BCUT2D eigenvalue weighted by Crippen LogP contribution is -2.11.